The number of hydrogen-bond donors (Lipinski definition) is 4. The summed E-state index contributed by atoms with van der Waals surface area (Å²) in [6.45, 7) is 1.81. The van der Waals surface area contributed by atoms with Crippen LogP contribution >= 0.6 is 0 Å². The Morgan fingerprint density at radius 1 is 0.880 bits per heavy atom. The molecule has 0 bridgehead atoms. The van der Waals surface area contributed by atoms with Crippen molar-refractivity contribution in [1.29, 1.82) is 0 Å². The van der Waals surface area contributed by atoms with Crippen LogP contribution in [0.25, 0.3) is 0 Å². The van der Waals surface area contributed by atoms with Gasteiger partial charge in [-0.25, -0.2) is 0 Å². The molecular weight excluding hydrogens is 336 g/mol. The summed E-state index contributed by atoms with van der Waals surface area (Å²) in [5, 5.41) is 24.0. The molecule has 2 fully saturated rings. The molecule has 0 spiro atoms. The molecule has 0 aliphatic carbocycles. The van der Waals surface area contributed by atoms with Gasteiger partial charge in [0.15, 0.2) is 25.2 Å². The summed E-state index contributed by atoms with van der Waals surface area (Å²) in [5.74, 6) is -0.270. The van der Waals surface area contributed by atoms with Crippen molar-refractivity contribution in [2.24, 2.45) is 11.7 Å². The van der Waals surface area contributed by atoms with E-state index in [2.05, 4.69) is 5.32 Å². The molecule has 148 valence electrons. The molecule has 4 unspecified atom stereocenters. The Bertz CT molecular complexity index is 415. The van der Waals surface area contributed by atoms with E-state index in [-0.39, 0.29) is 5.92 Å². The average Bonchev–Trinajstić information content (AvgIpc) is 2.62. The minimum absolute atomic E-state index is 0.270. The minimum atomic E-state index is -1.12. The van der Waals surface area contributed by atoms with E-state index in [0.29, 0.717) is 0 Å². The second-order valence-electron chi connectivity index (χ2n) is 6.29. The van der Waals surface area contributed by atoms with E-state index in [9.17, 15) is 10.2 Å². The maximum absolute atomic E-state index is 10.5. The fourth-order valence-corrected chi connectivity index (χ4v) is 3.23. The van der Waals surface area contributed by atoms with Gasteiger partial charge < -0.3 is 49.7 Å². The zero-order chi connectivity index (χ0) is 18.7. The van der Waals surface area contributed by atoms with E-state index in [0.717, 1.165) is 0 Å². The number of aliphatic hydroxyl groups is 2. The lowest BCUT2D eigenvalue weighted by Gasteiger charge is -2.47. The molecule has 5 N–H and O–H groups in total. The van der Waals surface area contributed by atoms with Crippen LogP contribution < -0.4 is 11.1 Å². The van der Waals surface area contributed by atoms with E-state index in [1.165, 1.54) is 21.3 Å². The van der Waals surface area contributed by atoms with Crippen molar-refractivity contribution in [2.45, 2.75) is 62.5 Å². The minimum Gasteiger partial charge on any atom is -0.391 e. The third kappa shape index (κ3) is 4.14. The highest BCUT2D eigenvalue weighted by Crippen LogP contribution is 2.31. The van der Waals surface area contributed by atoms with E-state index >= 15 is 0 Å². The number of nitrogens with two attached hydrogens (primary N) is 1. The summed E-state index contributed by atoms with van der Waals surface area (Å²) in [7, 11) is 6.01. The number of rotatable bonds is 6. The molecule has 0 radical (unpaired) electrons. The third-order valence-electron chi connectivity index (χ3n) is 4.80. The number of nitrogens with one attached hydrogen (secondary N) is 1. The van der Waals surface area contributed by atoms with Crippen LogP contribution in [-0.4, -0.2) is 94.1 Å². The monoisotopic (exact) mass is 366 g/mol. The zero-order valence-corrected chi connectivity index (χ0v) is 15.2. The maximum atomic E-state index is 10.5. The molecule has 2 saturated heterocycles. The molecular formula is C15H30N2O8. The normalized spacial score (nSPS) is 48.5. The van der Waals surface area contributed by atoms with Crippen LogP contribution in [0.2, 0.25) is 0 Å². The van der Waals surface area contributed by atoms with Crippen molar-refractivity contribution in [1.82, 2.24) is 5.32 Å². The third-order valence-corrected chi connectivity index (χ3v) is 4.80. The number of ether oxygens (including phenoxy) is 6. The summed E-state index contributed by atoms with van der Waals surface area (Å²) >= 11 is 0. The van der Waals surface area contributed by atoms with Crippen LogP contribution in [0.4, 0.5) is 0 Å². The molecule has 10 nitrogen and oxygen atoms in total. The van der Waals surface area contributed by atoms with Crippen molar-refractivity contribution < 1.29 is 38.6 Å². The van der Waals surface area contributed by atoms with Crippen LogP contribution in [-0.2, 0) is 28.4 Å². The van der Waals surface area contributed by atoms with Crippen molar-refractivity contribution in [3.05, 3.63) is 0 Å². The van der Waals surface area contributed by atoms with Gasteiger partial charge in [-0.05, 0) is 7.05 Å². The number of hydrogen-bond acceptors (Lipinski definition) is 10. The first kappa shape index (κ1) is 20.9. The average molecular weight is 366 g/mol. The van der Waals surface area contributed by atoms with Crippen LogP contribution in [0, 0.1) is 5.92 Å². The highest BCUT2D eigenvalue weighted by molar-refractivity contribution is 4.93. The Morgan fingerprint density at radius 3 is 1.96 bits per heavy atom. The molecule has 2 aliphatic rings. The topological polar surface area (TPSA) is 134 Å². The second kappa shape index (κ2) is 9.00. The summed E-state index contributed by atoms with van der Waals surface area (Å²) in [6.07, 6.45) is -6.16. The molecule has 0 aromatic heterocycles. The molecule has 2 aliphatic heterocycles. The molecule has 0 saturated carbocycles. The van der Waals surface area contributed by atoms with E-state index in [1.54, 1.807) is 7.05 Å². The summed E-state index contributed by atoms with van der Waals surface area (Å²) in [5.41, 5.74) is 5.95. The summed E-state index contributed by atoms with van der Waals surface area (Å²) < 4.78 is 32.9. The number of likely N-dealkylation sites (N-methyl/N-ethyl adjacent to an activating group) is 1. The van der Waals surface area contributed by atoms with Crippen LogP contribution in [0.3, 0.4) is 0 Å². The Labute approximate surface area is 147 Å². The molecule has 25 heavy (non-hydrogen) atoms. The molecule has 0 aromatic carbocycles. The standard InChI is InChI=1S/C15H30N2O8/c1-6-9(18)8(17-2)14(24-12(6)20-3)23-11-10(19)7(16)13(21-4)25-15(11)22-5/h6-15,17-19H,16H2,1-5H3/t6-,7?,8?,9-,10?,11-,12?,13+,14+,15+/m0/s1. The van der Waals surface area contributed by atoms with Gasteiger partial charge in [-0.3, -0.25) is 0 Å². The van der Waals surface area contributed by atoms with Gasteiger partial charge in [0, 0.05) is 27.2 Å². The molecule has 2 rings (SSSR count). The van der Waals surface area contributed by atoms with Gasteiger partial charge in [-0.1, -0.05) is 6.92 Å². The van der Waals surface area contributed by atoms with Crippen LogP contribution in [0.15, 0.2) is 0 Å². The summed E-state index contributed by atoms with van der Waals surface area (Å²) in [4.78, 5) is 0. The highest BCUT2D eigenvalue weighted by atomic mass is 16.8. The molecule has 10 heteroatoms. The van der Waals surface area contributed by atoms with Gasteiger partial charge in [0.1, 0.15) is 12.2 Å². The van der Waals surface area contributed by atoms with Crippen molar-refractivity contribution >= 4 is 0 Å². The Kier molecular flexibility index (Phi) is 7.52. The number of methoxy groups -OCH3 is 3. The van der Waals surface area contributed by atoms with Crippen molar-refractivity contribution in [3.63, 3.8) is 0 Å². The first-order valence-electron chi connectivity index (χ1n) is 8.23. The van der Waals surface area contributed by atoms with Gasteiger partial charge in [0.25, 0.3) is 0 Å². The fraction of sp³-hybridized carbons (Fsp3) is 1.00. The Morgan fingerprint density at radius 2 is 1.44 bits per heavy atom. The van der Waals surface area contributed by atoms with Gasteiger partial charge in [0.05, 0.1) is 18.2 Å². The molecule has 0 aromatic rings. The predicted octanol–water partition coefficient (Wildman–Crippen LogP) is -2.05. The molecule has 0 amide bonds. The largest absolute Gasteiger partial charge is 0.391 e. The lowest BCUT2D eigenvalue weighted by atomic mass is 9.93. The van der Waals surface area contributed by atoms with Crippen molar-refractivity contribution in [3.8, 4) is 0 Å². The quantitative estimate of drug-likeness (QED) is 0.416. The smallest absolute Gasteiger partial charge is 0.189 e. The SMILES string of the molecule is CNC1[C@H](O[C@H]2C(O)C(N)[C@H](OC)O[C@H]2OC)OC(OC)[C@@H](C)[C@@H]1O. The first-order valence-corrected chi connectivity index (χ1v) is 8.23. The maximum Gasteiger partial charge on any atom is 0.189 e. The Hall–Kier alpha value is -0.400. The lowest BCUT2D eigenvalue weighted by Crippen LogP contribution is -2.66. The van der Waals surface area contributed by atoms with Gasteiger partial charge in [-0.2, -0.15) is 0 Å². The summed E-state index contributed by atoms with van der Waals surface area (Å²) in [6, 6.07) is -1.37. The zero-order valence-electron chi connectivity index (χ0n) is 15.2. The molecule has 10 atom stereocenters. The van der Waals surface area contributed by atoms with E-state index in [1.807, 2.05) is 6.92 Å². The van der Waals surface area contributed by atoms with E-state index in [4.69, 9.17) is 34.2 Å². The van der Waals surface area contributed by atoms with Gasteiger partial charge in [-0.15, -0.1) is 0 Å². The predicted molar refractivity (Wildman–Crippen MR) is 85.2 cm³/mol. The van der Waals surface area contributed by atoms with Crippen LogP contribution in [0.5, 0.6) is 0 Å². The van der Waals surface area contributed by atoms with E-state index < -0.39 is 55.6 Å². The first-order chi connectivity index (χ1) is 11.9. The molecule has 2 heterocycles. The van der Waals surface area contributed by atoms with Gasteiger partial charge >= 0.3 is 0 Å². The lowest BCUT2D eigenvalue weighted by molar-refractivity contribution is -0.371. The second-order valence-corrected chi connectivity index (χ2v) is 6.29. The number of aliphatic hydroxyl groups excluding tert-OH is 2. The van der Waals surface area contributed by atoms with Crippen LogP contribution in [0.1, 0.15) is 6.92 Å². The van der Waals surface area contributed by atoms with Gasteiger partial charge in [0.2, 0.25) is 0 Å². The fourth-order valence-electron chi connectivity index (χ4n) is 3.23. The van der Waals surface area contributed by atoms with Crippen molar-refractivity contribution in [2.75, 3.05) is 28.4 Å². The highest BCUT2D eigenvalue weighted by Gasteiger charge is 2.50. The Balaban J connectivity index is 2.16.